The van der Waals surface area contributed by atoms with Gasteiger partial charge in [-0.05, 0) is 48.4 Å². The zero-order chi connectivity index (χ0) is 20.1. The van der Waals surface area contributed by atoms with Crippen molar-refractivity contribution in [2.24, 2.45) is 0 Å². The summed E-state index contributed by atoms with van der Waals surface area (Å²) in [7, 11) is 0. The molecule has 148 valence electrons. The van der Waals surface area contributed by atoms with Gasteiger partial charge in [0.1, 0.15) is 19.0 Å². The van der Waals surface area contributed by atoms with E-state index in [1.54, 1.807) is 24.3 Å². The van der Waals surface area contributed by atoms with Crippen molar-refractivity contribution in [3.63, 3.8) is 0 Å². The number of hydrogen-bond donors (Lipinski definition) is 2. The van der Waals surface area contributed by atoms with E-state index in [0.29, 0.717) is 24.3 Å². The smallest absolute Gasteiger partial charge is 0.333 e. The first-order valence-electron chi connectivity index (χ1n) is 8.63. The topological polar surface area (TPSA) is 67.8 Å². The SMILES string of the molecule is O=C(O)C1=C(c2ccc(OCCOc3c(F)ccc(Cl)c3F)cc2)CCNC1. The van der Waals surface area contributed by atoms with E-state index in [1.165, 1.54) is 0 Å². The highest BCUT2D eigenvalue weighted by atomic mass is 35.5. The van der Waals surface area contributed by atoms with Crippen LogP contribution >= 0.6 is 11.6 Å². The molecule has 0 saturated carbocycles. The van der Waals surface area contributed by atoms with Gasteiger partial charge in [0.2, 0.25) is 0 Å². The number of carboxylic acid groups (broad SMARTS) is 1. The van der Waals surface area contributed by atoms with Crippen LogP contribution in [0.1, 0.15) is 12.0 Å². The average molecular weight is 410 g/mol. The van der Waals surface area contributed by atoms with Crippen molar-refractivity contribution in [2.75, 3.05) is 26.3 Å². The summed E-state index contributed by atoms with van der Waals surface area (Å²) in [6.45, 7) is 1.04. The summed E-state index contributed by atoms with van der Waals surface area (Å²) in [4.78, 5) is 11.4. The number of carbonyl (C=O) groups is 1. The maximum atomic E-state index is 13.7. The molecule has 0 amide bonds. The minimum atomic E-state index is -0.949. The number of nitrogens with one attached hydrogen (secondary N) is 1. The van der Waals surface area contributed by atoms with Crippen molar-refractivity contribution in [1.82, 2.24) is 5.32 Å². The van der Waals surface area contributed by atoms with E-state index < -0.39 is 23.4 Å². The molecule has 0 unspecified atom stereocenters. The minimum absolute atomic E-state index is 0.0672. The molecular weight excluding hydrogens is 392 g/mol. The molecule has 0 bridgehead atoms. The van der Waals surface area contributed by atoms with Gasteiger partial charge in [-0.25, -0.2) is 13.6 Å². The molecule has 5 nitrogen and oxygen atoms in total. The molecule has 28 heavy (non-hydrogen) atoms. The standard InChI is InChI=1S/C20H18ClF2NO4/c21-16-5-6-17(22)19(18(16)23)28-10-9-27-13-3-1-12(2-4-13)14-7-8-24-11-15(14)20(25)26/h1-6,24H,7-11H2,(H,25,26). The summed E-state index contributed by atoms with van der Waals surface area (Å²) >= 11 is 5.61. The molecule has 0 aliphatic carbocycles. The molecule has 0 saturated heterocycles. The lowest BCUT2D eigenvalue weighted by Crippen LogP contribution is -2.28. The van der Waals surface area contributed by atoms with Gasteiger partial charge >= 0.3 is 5.97 Å². The molecule has 0 radical (unpaired) electrons. The highest BCUT2D eigenvalue weighted by Crippen LogP contribution is 2.28. The number of carboxylic acids is 1. The molecule has 2 N–H and O–H groups in total. The van der Waals surface area contributed by atoms with Crippen molar-refractivity contribution in [3.05, 3.63) is 64.2 Å². The molecule has 0 aromatic heterocycles. The van der Waals surface area contributed by atoms with Crippen LogP contribution in [-0.4, -0.2) is 37.4 Å². The van der Waals surface area contributed by atoms with Crippen molar-refractivity contribution in [2.45, 2.75) is 6.42 Å². The molecule has 1 aliphatic heterocycles. The van der Waals surface area contributed by atoms with E-state index in [1.807, 2.05) is 0 Å². The molecule has 0 atom stereocenters. The predicted molar refractivity (Wildman–Crippen MR) is 101 cm³/mol. The first-order valence-corrected chi connectivity index (χ1v) is 9.00. The number of aliphatic carboxylic acids is 1. The zero-order valence-corrected chi connectivity index (χ0v) is 15.6. The molecular formula is C20H18ClF2NO4. The van der Waals surface area contributed by atoms with E-state index in [9.17, 15) is 18.7 Å². The molecule has 8 heteroatoms. The highest BCUT2D eigenvalue weighted by Gasteiger charge is 2.19. The van der Waals surface area contributed by atoms with Crippen molar-refractivity contribution in [1.29, 1.82) is 0 Å². The van der Waals surface area contributed by atoms with E-state index >= 15 is 0 Å². The van der Waals surface area contributed by atoms with Crippen molar-refractivity contribution >= 4 is 23.1 Å². The van der Waals surface area contributed by atoms with Crippen LogP contribution in [0.15, 0.2) is 42.0 Å². The maximum absolute atomic E-state index is 13.7. The lowest BCUT2D eigenvalue weighted by Gasteiger charge is -2.19. The van der Waals surface area contributed by atoms with E-state index in [2.05, 4.69) is 5.32 Å². The fraction of sp³-hybridized carbons (Fsp3) is 0.250. The third kappa shape index (κ3) is 4.61. The Labute approximate surface area is 165 Å². The second-order valence-electron chi connectivity index (χ2n) is 6.08. The number of benzene rings is 2. The Morgan fingerprint density at radius 2 is 1.82 bits per heavy atom. The van der Waals surface area contributed by atoms with Gasteiger partial charge in [0.25, 0.3) is 0 Å². The summed E-state index contributed by atoms with van der Waals surface area (Å²) in [5.41, 5.74) is 1.98. The molecule has 3 rings (SSSR count). The van der Waals surface area contributed by atoms with Crippen LogP contribution in [0, 0.1) is 11.6 Å². The van der Waals surface area contributed by atoms with Gasteiger partial charge in [0.15, 0.2) is 17.4 Å². The predicted octanol–water partition coefficient (Wildman–Crippen LogP) is 3.91. The van der Waals surface area contributed by atoms with E-state index in [0.717, 1.165) is 29.8 Å². The molecule has 2 aromatic carbocycles. The lowest BCUT2D eigenvalue weighted by atomic mass is 9.94. The van der Waals surface area contributed by atoms with Crippen LogP contribution in [0.3, 0.4) is 0 Å². The summed E-state index contributed by atoms with van der Waals surface area (Å²) in [5, 5.41) is 12.1. The summed E-state index contributed by atoms with van der Waals surface area (Å²) in [6, 6.07) is 9.15. The normalized spacial score (nSPS) is 14.1. The Hall–Kier alpha value is -2.64. The van der Waals surface area contributed by atoms with Gasteiger partial charge < -0.3 is 19.9 Å². The Kier molecular flexibility index (Phi) is 6.49. The Bertz CT molecular complexity index is 900. The molecule has 0 spiro atoms. The third-order valence-electron chi connectivity index (χ3n) is 4.28. The first kappa shape index (κ1) is 20.1. The second kappa shape index (κ2) is 9.03. The van der Waals surface area contributed by atoms with Crippen LogP contribution < -0.4 is 14.8 Å². The largest absolute Gasteiger partial charge is 0.490 e. The maximum Gasteiger partial charge on any atom is 0.333 e. The van der Waals surface area contributed by atoms with Gasteiger partial charge in [-0.15, -0.1) is 0 Å². The summed E-state index contributed by atoms with van der Waals surface area (Å²) < 4.78 is 37.9. The molecule has 1 heterocycles. The van der Waals surface area contributed by atoms with Gasteiger partial charge in [-0.3, -0.25) is 0 Å². The van der Waals surface area contributed by atoms with Crippen molar-refractivity contribution in [3.8, 4) is 11.5 Å². The number of hydrogen-bond acceptors (Lipinski definition) is 4. The van der Waals surface area contributed by atoms with E-state index in [4.69, 9.17) is 21.1 Å². The number of ether oxygens (including phenoxy) is 2. The summed E-state index contributed by atoms with van der Waals surface area (Å²) in [5.74, 6) is -2.72. The average Bonchev–Trinajstić information content (AvgIpc) is 2.71. The van der Waals surface area contributed by atoms with Gasteiger partial charge in [-0.2, -0.15) is 0 Å². The van der Waals surface area contributed by atoms with Gasteiger partial charge in [0, 0.05) is 6.54 Å². The summed E-state index contributed by atoms with van der Waals surface area (Å²) in [6.07, 6.45) is 0.631. The Balaban J connectivity index is 1.58. The minimum Gasteiger partial charge on any atom is -0.490 e. The zero-order valence-electron chi connectivity index (χ0n) is 14.8. The van der Waals surface area contributed by atoms with Crippen LogP contribution in [-0.2, 0) is 4.79 Å². The Morgan fingerprint density at radius 1 is 1.11 bits per heavy atom. The van der Waals surface area contributed by atoms with Crippen molar-refractivity contribution < 1.29 is 28.2 Å². The first-order chi connectivity index (χ1) is 13.5. The van der Waals surface area contributed by atoms with Gasteiger partial charge in [-0.1, -0.05) is 23.7 Å². The second-order valence-corrected chi connectivity index (χ2v) is 6.49. The lowest BCUT2D eigenvalue weighted by molar-refractivity contribution is -0.132. The van der Waals surface area contributed by atoms with E-state index in [-0.39, 0.29) is 18.2 Å². The molecule has 1 aliphatic rings. The van der Waals surface area contributed by atoms with Gasteiger partial charge in [0.05, 0.1) is 10.6 Å². The van der Waals surface area contributed by atoms with Crippen LogP contribution in [0.25, 0.3) is 5.57 Å². The van der Waals surface area contributed by atoms with Crippen LogP contribution in [0.2, 0.25) is 5.02 Å². The number of halogens is 3. The van der Waals surface area contributed by atoms with Crippen LogP contribution in [0.5, 0.6) is 11.5 Å². The van der Waals surface area contributed by atoms with Crippen LogP contribution in [0.4, 0.5) is 8.78 Å². The fourth-order valence-electron chi connectivity index (χ4n) is 2.90. The Morgan fingerprint density at radius 3 is 2.54 bits per heavy atom. The highest BCUT2D eigenvalue weighted by molar-refractivity contribution is 6.30. The molecule has 0 fully saturated rings. The quantitative estimate of drug-likeness (QED) is 0.536. The monoisotopic (exact) mass is 409 g/mol. The third-order valence-corrected chi connectivity index (χ3v) is 4.57. The molecule has 2 aromatic rings. The fourth-order valence-corrected chi connectivity index (χ4v) is 3.05. The number of rotatable bonds is 7.